The van der Waals surface area contributed by atoms with Crippen LogP contribution in [0.3, 0.4) is 0 Å². The summed E-state index contributed by atoms with van der Waals surface area (Å²) in [5.41, 5.74) is 4.43. The van der Waals surface area contributed by atoms with Gasteiger partial charge in [-0.25, -0.2) is 0 Å². The topological polar surface area (TPSA) is 23.5 Å². The van der Waals surface area contributed by atoms with Gasteiger partial charge in [-0.2, -0.15) is 0 Å². The predicted molar refractivity (Wildman–Crippen MR) is 81.8 cm³/mol. The summed E-state index contributed by atoms with van der Waals surface area (Å²) in [7, 11) is 0. The third-order valence-corrected chi connectivity index (χ3v) is 4.34. The maximum Gasteiger partial charge on any atom is 0.0434 e. The zero-order valence-electron chi connectivity index (χ0n) is 12.4. The Labute approximate surface area is 117 Å². The van der Waals surface area contributed by atoms with Crippen LogP contribution in [0.1, 0.15) is 44.2 Å². The van der Waals surface area contributed by atoms with Crippen LogP contribution in [0.2, 0.25) is 0 Å². The lowest BCUT2D eigenvalue weighted by Gasteiger charge is -2.36. The molecule has 106 valence electrons. The van der Waals surface area contributed by atoms with Crippen molar-refractivity contribution in [2.24, 2.45) is 5.92 Å². The Morgan fingerprint density at radius 2 is 1.89 bits per heavy atom. The third-order valence-electron chi connectivity index (χ3n) is 4.34. The molecular formula is C17H27NO. The molecule has 0 aliphatic carbocycles. The Balaban J connectivity index is 2.24. The van der Waals surface area contributed by atoms with Crippen LogP contribution in [0.25, 0.3) is 0 Å². The van der Waals surface area contributed by atoms with E-state index in [2.05, 4.69) is 36.9 Å². The average molecular weight is 261 g/mol. The fraction of sp³-hybridized carbons (Fsp3) is 0.647. The summed E-state index contributed by atoms with van der Waals surface area (Å²) in [6, 6.07) is 6.73. The Morgan fingerprint density at radius 3 is 2.47 bits per heavy atom. The minimum atomic E-state index is 0.328. The summed E-state index contributed by atoms with van der Waals surface area (Å²) in [5.74, 6) is 0.661. The smallest absolute Gasteiger partial charge is 0.0434 e. The van der Waals surface area contributed by atoms with Gasteiger partial charge in [0.25, 0.3) is 0 Å². The molecule has 2 rings (SSSR count). The van der Waals surface area contributed by atoms with Crippen molar-refractivity contribution in [2.75, 3.05) is 24.6 Å². The van der Waals surface area contributed by atoms with Crippen molar-refractivity contribution in [3.05, 3.63) is 29.3 Å². The fourth-order valence-electron chi connectivity index (χ4n) is 3.31. The molecule has 0 radical (unpaired) electrons. The molecule has 0 aromatic heterocycles. The molecule has 0 saturated carbocycles. The standard InChI is InChI=1S/C17H27NO/c1-3-15-8-5-9-16(4-2)17(15)18-11-6-7-14(13-18)10-12-19/h5,8-9,14,19H,3-4,6-7,10-13H2,1-2H3. The minimum absolute atomic E-state index is 0.328. The van der Waals surface area contributed by atoms with Crippen LogP contribution in [-0.4, -0.2) is 24.8 Å². The van der Waals surface area contributed by atoms with E-state index < -0.39 is 0 Å². The Hall–Kier alpha value is -1.02. The quantitative estimate of drug-likeness (QED) is 0.878. The lowest BCUT2D eigenvalue weighted by molar-refractivity contribution is 0.244. The van der Waals surface area contributed by atoms with Crippen LogP contribution in [0.4, 0.5) is 5.69 Å². The van der Waals surface area contributed by atoms with Crippen molar-refractivity contribution < 1.29 is 5.11 Å². The highest BCUT2D eigenvalue weighted by Gasteiger charge is 2.22. The van der Waals surface area contributed by atoms with Crippen molar-refractivity contribution in [1.82, 2.24) is 0 Å². The largest absolute Gasteiger partial charge is 0.396 e. The number of hydrogen-bond acceptors (Lipinski definition) is 2. The summed E-state index contributed by atoms with van der Waals surface area (Å²) in [6.07, 6.45) is 5.68. The maximum absolute atomic E-state index is 9.16. The summed E-state index contributed by atoms with van der Waals surface area (Å²) in [5, 5.41) is 9.16. The van der Waals surface area contributed by atoms with Gasteiger partial charge in [0.05, 0.1) is 0 Å². The van der Waals surface area contributed by atoms with E-state index >= 15 is 0 Å². The van der Waals surface area contributed by atoms with E-state index in [1.165, 1.54) is 36.2 Å². The van der Waals surface area contributed by atoms with E-state index in [9.17, 15) is 0 Å². The molecule has 1 aliphatic heterocycles. The molecule has 1 saturated heterocycles. The monoisotopic (exact) mass is 261 g/mol. The van der Waals surface area contributed by atoms with E-state index in [-0.39, 0.29) is 0 Å². The van der Waals surface area contributed by atoms with Crippen molar-refractivity contribution in [3.8, 4) is 0 Å². The van der Waals surface area contributed by atoms with Crippen LogP contribution >= 0.6 is 0 Å². The number of para-hydroxylation sites is 1. The second-order valence-corrected chi connectivity index (χ2v) is 5.60. The number of aryl methyl sites for hydroxylation is 2. The van der Waals surface area contributed by atoms with E-state index in [4.69, 9.17) is 5.11 Å². The molecule has 0 spiro atoms. The number of rotatable bonds is 5. The van der Waals surface area contributed by atoms with Gasteiger partial charge in [0, 0.05) is 25.4 Å². The van der Waals surface area contributed by atoms with E-state index in [0.29, 0.717) is 12.5 Å². The summed E-state index contributed by atoms with van der Waals surface area (Å²) in [4.78, 5) is 2.57. The number of hydrogen-bond donors (Lipinski definition) is 1. The van der Waals surface area contributed by atoms with Gasteiger partial charge < -0.3 is 10.0 Å². The molecule has 1 aromatic rings. The Bertz CT molecular complexity index is 378. The normalized spacial score (nSPS) is 19.7. The lowest BCUT2D eigenvalue weighted by Crippen LogP contribution is -2.37. The van der Waals surface area contributed by atoms with Gasteiger partial charge in [0.2, 0.25) is 0 Å². The van der Waals surface area contributed by atoms with Crippen molar-refractivity contribution in [1.29, 1.82) is 0 Å². The zero-order valence-corrected chi connectivity index (χ0v) is 12.4. The molecule has 1 heterocycles. The summed E-state index contributed by atoms with van der Waals surface area (Å²) in [6.45, 7) is 7.10. The third kappa shape index (κ3) is 3.30. The highest BCUT2D eigenvalue weighted by Crippen LogP contribution is 2.31. The molecule has 2 nitrogen and oxygen atoms in total. The maximum atomic E-state index is 9.16. The van der Waals surface area contributed by atoms with Crippen LogP contribution < -0.4 is 4.90 Å². The highest BCUT2D eigenvalue weighted by atomic mass is 16.3. The van der Waals surface area contributed by atoms with Crippen molar-refractivity contribution >= 4 is 5.69 Å². The predicted octanol–water partition coefficient (Wildman–Crippen LogP) is 3.41. The van der Waals surface area contributed by atoms with Crippen molar-refractivity contribution in [2.45, 2.75) is 46.0 Å². The Morgan fingerprint density at radius 1 is 1.21 bits per heavy atom. The molecule has 1 aliphatic rings. The van der Waals surface area contributed by atoms with Gasteiger partial charge in [-0.1, -0.05) is 32.0 Å². The Kier molecular flexibility index (Phi) is 5.26. The second kappa shape index (κ2) is 6.95. The first-order valence-electron chi connectivity index (χ1n) is 7.76. The van der Waals surface area contributed by atoms with E-state index in [0.717, 1.165) is 25.8 Å². The molecule has 1 unspecified atom stereocenters. The molecule has 1 N–H and O–H groups in total. The average Bonchev–Trinajstić information content (AvgIpc) is 2.47. The summed E-state index contributed by atoms with van der Waals surface area (Å²) >= 11 is 0. The molecule has 2 heteroatoms. The van der Waals surface area contributed by atoms with Gasteiger partial charge in [-0.15, -0.1) is 0 Å². The number of anilines is 1. The lowest BCUT2D eigenvalue weighted by atomic mass is 9.92. The number of aliphatic hydroxyl groups is 1. The van der Waals surface area contributed by atoms with Crippen molar-refractivity contribution in [3.63, 3.8) is 0 Å². The number of piperidine rings is 1. The van der Waals surface area contributed by atoms with Gasteiger partial charge in [-0.3, -0.25) is 0 Å². The molecule has 1 fully saturated rings. The molecular weight excluding hydrogens is 234 g/mol. The molecule has 1 atom stereocenters. The van der Waals surface area contributed by atoms with Gasteiger partial charge >= 0.3 is 0 Å². The van der Waals surface area contributed by atoms with Gasteiger partial charge in [-0.05, 0) is 49.1 Å². The minimum Gasteiger partial charge on any atom is -0.396 e. The molecule has 0 amide bonds. The summed E-state index contributed by atoms with van der Waals surface area (Å²) < 4.78 is 0. The van der Waals surface area contributed by atoms with Crippen LogP contribution in [-0.2, 0) is 12.8 Å². The van der Waals surface area contributed by atoms with Crippen LogP contribution in [0, 0.1) is 5.92 Å². The first kappa shape index (κ1) is 14.4. The molecule has 19 heavy (non-hydrogen) atoms. The highest BCUT2D eigenvalue weighted by molar-refractivity contribution is 5.60. The van der Waals surface area contributed by atoms with Gasteiger partial charge in [0.1, 0.15) is 0 Å². The first-order chi connectivity index (χ1) is 9.30. The number of nitrogens with zero attached hydrogens (tertiary/aromatic N) is 1. The van der Waals surface area contributed by atoms with Crippen LogP contribution in [0.15, 0.2) is 18.2 Å². The van der Waals surface area contributed by atoms with E-state index in [1.807, 2.05) is 0 Å². The van der Waals surface area contributed by atoms with Crippen LogP contribution in [0.5, 0.6) is 0 Å². The second-order valence-electron chi connectivity index (χ2n) is 5.60. The zero-order chi connectivity index (χ0) is 13.7. The first-order valence-corrected chi connectivity index (χ1v) is 7.76. The molecule has 1 aromatic carbocycles. The fourth-order valence-corrected chi connectivity index (χ4v) is 3.31. The number of benzene rings is 1. The number of aliphatic hydroxyl groups excluding tert-OH is 1. The van der Waals surface area contributed by atoms with Gasteiger partial charge in [0.15, 0.2) is 0 Å². The SMILES string of the molecule is CCc1cccc(CC)c1N1CCCC(CCO)C1. The van der Waals surface area contributed by atoms with E-state index in [1.54, 1.807) is 0 Å². The molecule has 0 bridgehead atoms.